The Morgan fingerprint density at radius 3 is 2.21 bits per heavy atom. The van der Waals surface area contributed by atoms with Crippen molar-refractivity contribution >= 4 is 11.6 Å². The highest BCUT2D eigenvalue weighted by Gasteiger charge is 2.25. The summed E-state index contributed by atoms with van der Waals surface area (Å²) in [5.41, 5.74) is 6.98. The summed E-state index contributed by atoms with van der Waals surface area (Å²) in [7, 11) is 0. The SMILES string of the molecule is CCCCCCCCCC(N)CCC(C)(Cl)Oc1ccc(O)c(C(C)(C)C)c1. The average molecular weight is 412 g/mol. The highest BCUT2D eigenvalue weighted by Crippen LogP contribution is 2.35. The van der Waals surface area contributed by atoms with Crippen LogP contribution in [0.3, 0.4) is 0 Å². The van der Waals surface area contributed by atoms with Crippen LogP contribution in [-0.4, -0.2) is 16.2 Å². The van der Waals surface area contributed by atoms with Gasteiger partial charge in [-0.05, 0) is 43.4 Å². The summed E-state index contributed by atoms with van der Waals surface area (Å²) in [5, 5.41) is 9.30. The van der Waals surface area contributed by atoms with Crippen LogP contribution in [0.4, 0.5) is 0 Å². The van der Waals surface area contributed by atoms with E-state index in [2.05, 4.69) is 27.7 Å². The summed E-state index contributed by atoms with van der Waals surface area (Å²) in [4.78, 5) is 0. The molecule has 0 spiro atoms. The second-order valence-electron chi connectivity index (χ2n) is 9.34. The molecule has 0 heterocycles. The predicted octanol–water partition coefficient (Wildman–Crippen LogP) is 7.27. The Hall–Kier alpha value is -0.930. The van der Waals surface area contributed by atoms with E-state index in [1.54, 1.807) is 12.1 Å². The first kappa shape index (κ1) is 25.1. The van der Waals surface area contributed by atoms with Crippen LogP contribution in [0.25, 0.3) is 0 Å². The summed E-state index contributed by atoms with van der Waals surface area (Å²) in [6, 6.07) is 5.50. The molecule has 0 amide bonds. The zero-order valence-electron chi connectivity index (χ0n) is 18.7. The van der Waals surface area contributed by atoms with Crippen molar-refractivity contribution in [3.8, 4) is 11.5 Å². The third-order valence-electron chi connectivity index (χ3n) is 5.25. The van der Waals surface area contributed by atoms with E-state index in [-0.39, 0.29) is 17.2 Å². The van der Waals surface area contributed by atoms with Gasteiger partial charge in [0.1, 0.15) is 11.5 Å². The fraction of sp³-hybridized carbons (Fsp3) is 0.750. The Bertz CT molecular complexity index is 566. The maximum Gasteiger partial charge on any atom is 0.179 e. The van der Waals surface area contributed by atoms with Crippen LogP contribution in [0.5, 0.6) is 11.5 Å². The molecule has 0 fully saturated rings. The van der Waals surface area contributed by atoms with Gasteiger partial charge in [-0.25, -0.2) is 0 Å². The molecule has 0 aliphatic rings. The first-order valence-electron chi connectivity index (χ1n) is 11.0. The minimum Gasteiger partial charge on any atom is -0.508 e. The third kappa shape index (κ3) is 10.0. The number of rotatable bonds is 13. The topological polar surface area (TPSA) is 55.5 Å². The number of unbranched alkanes of at least 4 members (excludes halogenated alkanes) is 6. The number of nitrogens with two attached hydrogens (primary N) is 1. The fourth-order valence-corrected chi connectivity index (χ4v) is 3.63. The van der Waals surface area contributed by atoms with Crippen molar-refractivity contribution in [2.45, 2.75) is 115 Å². The van der Waals surface area contributed by atoms with E-state index < -0.39 is 5.06 Å². The van der Waals surface area contributed by atoms with Gasteiger partial charge in [0.25, 0.3) is 0 Å². The number of alkyl halides is 1. The van der Waals surface area contributed by atoms with Gasteiger partial charge in [0, 0.05) is 18.0 Å². The summed E-state index contributed by atoms with van der Waals surface area (Å²) >= 11 is 6.61. The number of benzene rings is 1. The van der Waals surface area contributed by atoms with Crippen LogP contribution in [0.2, 0.25) is 0 Å². The van der Waals surface area contributed by atoms with E-state index in [0.29, 0.717) is 12.2 Å². The number of hydrogen-bond acceptors (Lipinski definition) is 3. The zero-order valence-corrected chi connectivity index (χ0v) is 19.4. The zero-order chi connectivity index (χ0) is 21.2. The molecule has 0 bridgehead atoms. The number of phenols is 1. The van der Waals surface area contributed by atoms with Gasteiger partial charge in [0.2, 0.25) is 0 Å². The Kier molecular flexibility index (Phi) is 10.7. The molecule has 162 valence electrons. The molecule has 1 aromatic carbocycles. The summed E-state index contributed by atoms with van der Waals surface area (Å²) in [5.74, 6) is 0.966. The van der Waals surface area contributed by atoms with Gasteiger partial charge >= 0.3 is 0 Å². The maximum atomic E-state index is 10.1. The number of ether oxygens (including phenoxy) is 1. The lowest BCUT2D eigenvalue weighted by atomic mass is 9.86. The lowest BCUT2D eigenvalue weighted by Crippen LogP contribution is -2.29. The lowest BCUT2D eigenvalue weighted by Gasteiger charge is -2.27. The maximum absolute atomic E-state index is 10.1. The fourth-order valence-electron chi connectivity index (χ4n) is 3.43. The molecule has 0 saturated carbocycles. The van der Waals surface area contributed by atoms with Gasteiger partial charge in [-0.1, -0.05) is 84.2 Å². The van der Waals surface area contributed by atoms with Gasteiger partial charge < -0.3 is 15.6 Å². The van der Waals surface area contributed by atoms with Crippen LogP contribution in [0.15, 0.2) is 18.2 Å². The Balaban J connectivity index is 2.39. The van der Waals surface area contributed by atoms with Gasteiger partial charge in [-0.2, -0.15) is 0 Å². The molecule has 3 N–H and O–H groups in total. The van der Waals surface area contributed by atoms with Crippen molar-refractivity contribution in [3.05, 3.63) is 23.8 Å². The van der Waals surface area contributed by atoms with Crippen LogP contribution < -0.4 is 10.5 Å². The molecule has 4 heteroatoms. The standard InChI is InChI=1S/C24H42ClNO2/c1-6-7-8-9-10-11-12-13-19(26)16-17-24(5,25)28-20-14-15-22(27)21(18-20)23(2,3)4/h14-15,18-19,27H,6-13,16-17,26H2,1-5H3. The molecule has 0 aliphatic heterocycles. The van der Waals surface area contributed by atoms with Crippen LogP contribution in [-0.2, 0) is 5.41 Å². The van der Waals surface area contributed by atoms with Crippen molar-refractivity contribution in [2.24, 2.45) is 5.73 Å². The summed E-state index contributed by atoms with van der Waals surface area (Å²) < 4.78 is 6.02. The van der Waals surface area contributed by atoms with Crippen LogP contribution >= 0.6 is 11.6 Å². The monoisotopic (exact) mass is 411 g/mol. The predicted molar refractivity (Wildman–Crippen MR) is 122 cm³/mol. The molecule has 28 heavy (non-hydrogen) atoms. The molecule has 0 aliphatic carbocycles. The number of aromatic hydroxyl groups is 1. The molecule has 2 atom stereocenters. The van der Waals surface area contributed by atoms with Crippen molar-refractivity contribution in [1.29, 1.82) is 0 Å². The molecule has 3 nitrogen and oxygen atoms in total. The van der Waals surface area contributed by atoms with E-state index in [1.807, 2.05) is 13.0 Å². The van der Waals surface area contributed by atoms with Crippen LogP contribution in [0, 0.1) is 0 Å². The Morgan fingerprint density at radius 2 is 1.61 bits per heavy atom. The van der Waals surface area contributed by atoms with E-state index in [9.17, 15) is 5.11 Å². The van der Waals surface area contributed by atoms with E-state index in [4.69, 9.17) is 22.1 Å². The minimum atomic E-state index is -0.802. The third-order valence-corrected chi connectivity index (χ3v) is 5.51. The first-order valence-corrected chi connectivity index (χ1v) is 11.4. The van der Waals surface area contributed by atoms with Crippen molar-refractivity contribution in [3.63, 3.8) is 0 Å². The highest BCUT2D eigenvalue weighted by molar-refractivity contribution is 6.22. The van der Waals surface area contributed by atoms with E-state index in [0.717, 1.165) is 18.4 Å². The molecule has 0 radical (unpaired) electrons. The molecule has 0 saturated heterocycles. The summed E-state index contributed by atoms with van der Waals surface area (Å²) in [6.45, 7) is 10.3. The normalized spacial score (nSPS) is 15.2. The van der Waals surface area contributed by atoms with Gasteiger partial charge in [0.15, 0.2) is 5.06 Å². The van der Waals surface area contributed by atoms with Gasteiger partial charge in [-0.3, -0.25) is 0 Å². The van der Waals surface area contributed by atoms with Crippen molar-refractivity contribution in [2.75, 3.05) is 0 Å². The smallest absolute Gasteiger partial charge is 0.179 e. The molecule has 0 aromatic heterocycles. The molecular weight excluding hydrogens is 370 g/mol. The summed E-state index contributed by atoms with van der Waals surface area (Å²) in [6.07, 6.45) is 11.7. The molecule has 1 aromatic rings. The average Bonchev–Trinajstić information content (AvgIpc) is 2.60. The largest absolute Gasteiger partial charge is 0.508 e. The van der Waals surface area contributed by atoms with Crippen molar-refractivity contribution < 1.29 is 9.84 Å². The van der Waals surface area contributed by atoms with Gasteiger partial charge in [0.05, 0.1) is 0 Å². The number of phenolic OH excluding ortho intramolecular Hbond substituents is 1. The lowest BCUT2D eigenvalue weighted by molar-refractivity contribution is 0.160. The first-order chi connectivity index (χ1) is 13.0. The number of halogens is 1. The minimum absolute atomic E-state index is 0.162. The van der Waals surface area contributed by atoms with E-state index in [1.165, 1.54) is 44.9 Å². The molecule has 2 unspecified atom stereocenters. The second-order valence-corrected chi connectivity index (χ2v) is 10.1. The second kappa shape index (κ2) is 11.9. The van der Waals surface area contributed by atoms with Gasteiger partial charge in [-0.15, -0.1) is 0 Å². The quantitative estimate of drug-likeness (QED) is 0.265. The van der Waals surface area contributed by atoms with Crippen molar-refractivity contribution in [1.82, 2.24) is 0 Å². The molecular formula is C24H42ClNO2. The Labute approximate surface area is 178 Å². The Morgan fingerprint density at radius 1 is 1.00 bits per heavy atom. The number of hydrogen-bond donors (Lipinski definition) is 2. The highest BCUT2D eigenvalue weighted by atomic mass is 35.5. The van der Waals surface area contributed by atoms with E-state index >= 15 is 0 Å². The van der Waals surface area contributed by atoms with Crippen LogP contribution in [0.1, 0.15) is 104 Å². The molecule has 1 rings (SSSR count).